The van der Waals surface area contributed by atoms with Gasteiger partial charge < -0.3 is 5.11 Å². The molecule has 0 bridgehead atoms. The summed E-state index contributed by atoms with van der Waals surface area (Å²) in [5.41, 5.74) is 1.97. The van der Waals surface area contributed by atoms with Crippen LogP contribution in [-0.4, -0.2) is 20.9 Å². The smallest absolute Gasteiger partial charge is 0.336 e. The number of fused-ring (bicyclic) bond motifs is 1. The molecule has 0 atom stereocenters. The third-order valence-corrected chi connectivity index (χ3v) is 2.39. The molecule has 72 valence electrons. The van der Waals surface area contributed by atoms with Crippen molar-refractivity contribution in [1.29, 1.82) is 0 Å². The second-order valence-electron chi connectivity index (χ2n) is 3.25. The van der Waals surface area contributed by atoms with Gasteiger partial charge in [-0.15, -0.1) is 0 Å². The Labute approximate surface area is 80.8 Å². The van der Waals surface area contributed by atoms with E-state index >= 15 is 0 Å². The Morgan fingerprint density at radius 3 is 2.86 bits per heavy atom. The SMILES string of the molecule is Cc1c(C(=O)O)ccc2cnn(C)c12. The number of aromatic carboxylic acids is 1. The van der Waals surface area contributed by atoms with Gasteiger partial charge in [0.15, 0.2) is 0 Å². The largest absolute Gasteiger partial charge is 0.478 e. The highest BCUT2D eigenvalue weighted by molar-refractivity contribution is 5.96. The molecule has 4 heteroatoms. The number of hydrogen-bond donors (Lipinski definition) is 1. The number of aromatic nitrogens is 2. The van der Waals surface area contributed by atoms with E-state index in [9.17, 15) is 4.79 Å². The van der Waals surface area contributed by atoms with E-state index in [2.05, 4.69) is 5.10 Å². The van der Waals surface area contributed by atoms with E-state index in [1.54, 1.807) is 37.0 Å². The van der Waals surface area contributed by atoms with Crippen molar-refractivity contribution in [1.82, 2.24) is 9.78 Å². The Morgan fingerprint density at radius 1 is 1.50 bits per heavy atom. The number of carboxylic acids is 1. The van der Waals surface area contributed by atoms with E-state index in [0.29, 0.717) is 5.56 Å². The standard InChI is InChI=1S/C10H10N2O2/c1-6-8(10(13)14)4-3-7-5-11-12(2)9(6)7/h3-5H,1-2H3,(H,13,14). The molecule has 0 unspecified atom stereocenters. The molecular formula is C10H10N2O2. The lowest BCUT2D eigenvalue weighted by molar-refractivity contribution is 0.0696. The van der Waals surface area contributed by atoms with Gasteiger partial charge in [0.2, 0.25) is 0 Å². The van der Waals surface area contributed by atoms with Crippen LogP contribution in [0.5, 0.6) is 0 Å². The lowest BCUT2D eigenvalue weighted by Gasteiger charge is -2.03. The van der Waals surface area contributed by atoms with E-state index in [4.69, 9.17) is 5.11 Å². The van der Waals surface area contributed by atoms with Crippen molar-refractivity contribution in [3.8, 4) is 0 Å². The minimum absolute atomic E-state index is 0.334. The molecule has 14 heavy (non-hydrogen) atoms. The van der Waals surface area contributed by atoms with Crippen molar-refractivity contribution < 1.29 is 9.90 Å². The van der Waals surface area contributed by atoms with Gasteiger partial charge >= 0.3 is 5.97 Å². The van der Waals surface area contributed by atoms with Gasteiger partial charge in [-0.25, -0.2) is 4.79 Å². The van der Waals surface area contributed by atoms with Crippen molar-refractivity contribution in [2.45, 2.75) is 6.92 Å². The zero-order valence-electron chi connectivity index (χ0n) is 7.98. The number of hydrogen-bond acceptors (Lipinski definition) is 2. The van der Waals surface area contributed by atoms with Crippen LogP contribution < -0.4 is 0 Å². The van der Waals surface area contributed by atoms with Crippen LogP contribution in [-0.2, 0) is 7.05 Å². The Morgan fingerprint density at radius 2 is 2.21 bits per heavy atom. The van der Waals surface area contributed by atoms with Crippen LogP contribution in [0.1, 0.15) is 15.9 Å². The second-order valence-corrected chi connectivity index (χ2v) is 3.25. The predicted octanol–water partition coefficient (Wildman–Crippen LogP) is 1.58. The average molecular weight is 190 g/mol. The summed E-state index contributed by atoms with van der Waals surface area (Å²) in [5, 5.41) is 14.0. The third kappa shape index (κ3) is 1.08. The highest BCUT2D eigenvalue weighted by Gasteiger charge is 2.11. The number of carbonyl (C=O) groups is 1. The Kier molecular flexibility index (Phi) is 1.77. The zero-order chi connectivity index (χ0) is 10.3. The molecule has 0 aliphatic carbocycles. The van der Waals surface area contributed by atoms with Crippen molar-refractivity contribution in [3.05, 3.63) is 29.5 Å². The maximum absolute atomic E-state index is 10.9. The van der Waals surface area contributed by atoms with E-state index in [1.165, 1.54) is 0 Å². The molecule has 0 fully saturated rings. The van der Waals surface area contributed by atoms with Crippen molar-refractivity contribution in [2.24, 2.45) is 7.05 Å². The van der Waals surface area contributed by atoms with Gasteiger partial charge in [-0.05, 0) is 18.6 Å². The molecule has 1 aromatic carbocycles. The molecule has 0 saturated carbocycles. The Balaban J connectivity index is 2.86. The molecule has 1 heterocycles. The summed E-state index contributed by atoms with van der Waals surface area (Å²) in [4.78, 5) is 10.9. The first kappa shape index (κ1) is 8.74. The summed E-state index contributed by atoms with van der Waals surface area (Å²) >= 11 is 0. The quantitative estimate of drug-likeness (QED) is 0.742. The highest BCUT2D eigenvalue weighted by Crippen LogP contribution is 2.20. The maximum Gasteiger partial charge on any atom is 0.336 e. The maximum atomic E-state index is 10.9. The summed E-state index contributed by atoms with van der Waals surface area (Å²) in [7, 11) is 1.81. The minimum atomic E-state index is -0.898. The van der Waals surface area contributed by atoms with E-state index in [1.807, 2.05) is 0 Å². The molecule has 0 spiro atoms. The van der Waals surface area contributed by atoms with E-state index in [-0.39, 0.29) is 0 Å². The molecular weight excluding hydrogens is 180 g/mol. The fourth-order valence-corrected chi connectivity index (χ4v) is 1.69. The van der Waals surface area contributed by atoms with E-state index < -0.39 is 5.97 Å². The van der Waals surface area contributed by atoms with Crippen LogP contribution >= 0.6 is 0 Å². The summed E-state index contributed by atoms with van der Waals surface area (Å²) in [5.74, 6) is -0.898. The number of benzene rings is 1. The first-order valence-corrected chi connectivity index (χ1v) is 4.26. The Hall–Kier alpha value is -1.84. The van der Waals surface area contributed by atoms with Crippen molar-refractivity contribution >= 4 is 16.9 Å². The molecule has 2 rings (SSSR count). The lowest BCUT2D eigenvalue weighted by Crippen LogP contribution is -2.01. The van der Waals surface area contributed by atoms with Crippen LogP contribution in [0.3, 0.4) is 0 Å². The fraction of sp³-hybridized carbons (Fsp3) is 0.200. The number of carboxylic acid groups (broad SMARTS) is 1. The van der Waals surface area contributed by atoms with Crippen molar-refractivity contribution in [3.63, 3.8) is 0 Å². The summed E-state index contributed by atoms with van der Waals surface area (Å²) in [6.07, 6.45) is 1.73. The molecule has 1 aromatic heterocycles. The molecule has 0 amide bonds. The molecule has 0 aliphatic rings. The van der Waals surface area contributed by atoms with Gasteiger partial charge in [0, 0.05) is 12.4 Å². The van der Waals surface area contributed by atoms with Crippen LogP contribution in [0.4, 0.5) is 0 Å². The van der Waals surface area contributed by atoms with Crippen LogP contribution in [0.15, 0.2) is 18.3 Å². The number of aryl methyl sites for hydroxylation is 2. The second kappa shape index (κ2) is 2.83. The molecule has 4 nitrogen and oxygen atoms in total. The van der Waals surface area contributed by atoms with Crippen LogP contribution in [0, 0.1) is 6.92 Å². The van der Waals surface area contributed by atoms with Gasteiger partial charge in [-0.2, -0.15) is 5.10 Å². The lowest BCUT2D eigenvalue weighted by atomic mass is 10.1. The predicted molar refractivity (Wildman–Crippen MR) is 52.4 cm³/mol. The van der Waals surface area contributed by atoms with Gasteiger partial charge in [0.25, 0.3) is 0 Å². The van der Waals surface area contributed by atoms with E-state index in [0.717, 1.165) is 16.5 Å². The summed E-state index contributed by atoms with van der Waals surface area (Å²) < 4.78 is 1.69. The number of nitrogens with zero attached hydrogens (tertiary/aromatic N) is 2. The minimum Gasteiger partial charge on any atom is -0.478 e. The highest BCUT2D eigenvalue weighted by atomic mass is 16.4. The van der Waals surface area contributed by atoms with Crippen molar-refractivity contribution in [2.75, 3.05) is 0 Å². The average Bonchev–Trinajstić information content (AvgIpc) is 2.48. The van der Waals surface area contributed by atoms with Crippen LogP contribution in [0.25, 0.3) is 10.9 Å². The van der Waals surface area contributed by atoms with Gasteiger partial charge in [-0.3, -0.25) is 4.68 Å². The topological polar surface area (TPSA) is 55.1 Å². The summed E-state index contributed by atoms with van der Waals surface area (Å²) in [6.45, 7) is 1.80. The number of rotatable bonds is 1. The molecule has 2 aromatic rings. The Bertz CT molecular complexity index is 514. The normalized spacial score (nSPS) is 10.7. The first-order valence-electron chi connectivity index (χ1n) is 4.26. The fourth-order valence-electron chi connectivity index (χ4n) is 1.69. The molecule has 0 saturated heterocycles. The monoisotopic (exact) mass is 190 g/mol. The first-order chi connectivity index (χ1) is 6.61. The van der Waals surface area contributed by atoms with Gasteiger partial charge in [-0.1, -0.05) is 6.07 Å². The van der Waals surface area contributed by atoms with Crippen LogP contribution in [0.2, 0.25) is 0 Å². The molecule has 0 aliphatic heterocycles. The zero-order valence-corrected chi connectivity index (χ0v) is 7.98. The summed E-state index contributed by atoms with van der Waals surface area (Å²) in [6, 6.07) is 3.39. The van der Waals surface area contributed by atoms with Gasteiger partial charge in [0.05, 0.1) is 17.3 Å². The van der Waals surface area contributed by atoms with Gasteiger partial charge in [0.1, 0.15) is 0 Å². The molecule has 1 N–H and O–H groups in total. The molecule has 0 radical (unpaired) electrons. The third-order valence-electron chi connectivity index (χ3n) is 2.39.